The molecule has 1 saturated heterocycles. The van der Waals surface area contributed by atoms with Crippen molar-refractivity contribution in [3.8, 4) is 0 Å². The van der Waals surface area contributed by atoms with E-state index < -0.39 is 0 Å². The highest BCUT2D eigenvalue weighted by Crippen LogP contribution is 2.64. The molecular weight excluding hydrogens is 456 g/mol. The van der Waals surface area contributed by atoms with E-state index in [4.69, 9.17) is 29.6 Å². The first-order chi connectivity index (χ1) is 15.9. The Morgan fingerprint density at radius 1 is 1.06 bits per heavy atom. The second kappa shape index (κ2) is 9.67. The molecule has 2 bridgehead atoms. The van der Waals surface area contributed by atoms with Crippen LogP contribution in [0.4, 0.5) is 0 Å². The van der Waals surface area contributed by atoms with Crippen LogP contribution in [0, 0.1) is 28.6 Å². The average molecular weight is 503 g/mol. The van der Waals surface area contributed by atoms with Gasteiger partial charge in [0.25, 0.3) is 0 Å². The van der Waals surface area contributed by atoms with E-state index in [-0.39, 0.29) is 10.3 Å². The number of likely N-dealkylation sites (tertiary alicyclic amines) is 1. The Balaban J connectivity index is 0.000000210. The Bertz CT molecular complexity index is 847. The molecule has 3 aliphatic carbocycles. The van der Waals surface area contributed by atoms with Gasteiger partial charge in [0.15, 0.2) is 0 Å². The first kappa shape index (κ1) is 26.4. The summed E-state index contributed by atoms with van der Waals surface area (Å²) in [6.07, 6.45) is 10.4. The summed E-state index contributed by atoms with van der Waals surface area (Å²) in [6.45, 7) is 13.8. The molecule has 0 aromatic heterocycles. The van der Waals surface area contributed by atoms with E-state index in [0.717, 1.165) is 25.4 Å². The molecule has 0 radical (unpaired) electrons. The van der Waals surface area contributed by atoms with Gasteiger partial charge >= 0.3 is 0 Å². The maximum absolute atomic E-state index is 7.40. The topological polar surface area (TPSA) is 29.3 Å². The summed E-state index contributed by atoms with van der Waals surface area (Å²) in [5.41, 5.74) is 10.2. The first-order valence-electron chi connectivity index (χ1n) is 13.6. The second-order valence-electron chi connectivity index (χ2n) is 13.7. The Morgan fingerprint density at radius 2 is 1.74 bits per heavy atom. The lowest BCUT2D eigenvalue weighted by Gasteiger charge is -2.60. The minimum absolute atomic E-state index is 0.0527. The molecule has 2 nitrogen and oxygen atoms in total. The molecule has 4 heteroatoms. The van der Waals surface area contributed by atoms with Crippen molar-refractivity contribution in [1.82, 2.24) is 4.90 Å². The fraction of sp³-hybridized carbons (Fsp3) is 0.767. The number of nitrogens with two attached hydrogens (primary N) is 1. The summed E-state index contributed by atoms with van der Waals surface area (Å²) in [5.74, 6) is 2.22. The Hall–Kier alpha value is -0.640. The first-order valence-corrected chi connectivity index (χ1v) is 14.4. The highest BCUT2D eigenvalue weighted by molar-refractivity contribution is 7.78. The molecule has 34 heavy (non-hydrogen) atoms. The third-order valence-electron chi connectivity index (χ3n) is 9.62. The zero-order valence-electron chi connectivity index (χ0n) is 22.2. The van der Waals surface area contributed by atoms with E-state index in [1.54, 1.807) is 11.1 Å². The standard InChI is InChI=1S/C22H31Cl.C8H16N2S/c1-16-11-21(18-7-5-4-6-8-18)14-19(13-20(2,3)15-21)22(16,23)12-17-9-10-17;1-8(2)5-10(6-11)4-3-7(8)9/h4-8,16-17,19H,9-15H2,1-3H3;6-7H,3-5,9H2,1-2H3. The molecule has 1 heterocycles. The fourth-order valence-corrected chi connectivity index (χ4v) is 8.32. The molecule has 4 fully saturated rings. The number of fused-ring (bicyclic) bond motifs is 2. The maximum Gasteiger partial charge on any atom is 0.0641 e. The Morgan fingerprint density at radius 3 is 2.32 bits per heavy atom. The summed E-state index contributed by atoms with van der Waals surface area (Å²) in [6, 6.07) is 11.7. The molecular formula is C30H47ClN2S. The van der Waals surface area contributed by atoms with Crippen molar-refractivity contribution in [1.29, 1.82) is 0 Å². The minimum atomic E-state index is 0.0527. The predicted octanol–water partition coefficient (Wildman–Crippen LogP) is 7.57. The Kier molecular flexibility index (Phi) is 7.52. The van der Waals surface area contributed by atoms with Gasteiger partial charge in [-0.05, 0) is 78.1 Å². The van der Waals surface area contributed by atoms with Gasteiger partial charge < -0.3 is 10.6 Å². The van der Waals surface area contributed by atoms with Crippen LogP contribution in [0.15, 0.2) is 30.3 Å². The zero-order chi connectivity index (χ0) is 24.8. The van der Waals surface area contributed by atoms with Crippen molar-refractivity contribution in [2.75, 3.05) is 13.1 Å². The normalized spacial score (nSPS) is 38.4. The lowest BCUT2D eigenvalue weighted by molar-refractivity contribution is -0.00522. The van der Waals surface area contributed by atoms with Crippen molar-refractivity contribution in [2.24, 2.45) is 34.3 Å². The second-order valence-corrected chi connectivity index (χ2v) is 14.6. The van der Waals surface area contributed by atoms with Crippen LogP contribution in [0.1, 0.15) is 91.5 Å². The molecule has 5 atom stereocenters. The van der Waals surface area contributed by atoms with Crippen LogP contribution in [0.25, 0.3) is 0 Å². The number of benzene rings is 1. The number of piperidine rings is 1. The van der Waals surface area contributed by atoms with Gasteiger partial charge in [-0.3, -0.25) is 0 Å². The molecule has 5 rings (SSSR count). The molecule has 3 saturated carbocycles. The molecule has 5 unspecified atom stereocenters. The number of alkyl halides is 1. The summed E-state index contributed by atoms with van der Waals surface area (Å²) in [5, 5.41) is 0. The van der Waals surface area contributed by atoms with Crippen LogP contribution in [0.2, 0.25) is 0 Å². The van der Waals surface area contributed by atoms with Crippen molar-refractivity contribution in [3.05, 3.63) is 35.9 Å². The number of thiocarbonyl (C=S) groups is 1. The van der Waals surface area contributed by atoms with E-state index in [1.807, 2.05) is 0 Å². The van der Waals surface area contributed by atoms with Crippen LogP contribution in [0.3, 0.4) is 0 Å². The van der Waals surface area contributed by atoms with Gasteiger partial charge in [0.1, 0.15) is 0 Å². The predicted molar refractivity (Wildman–Crippen MR) is 151 cm³/mol. The number of rotatable bonds is 4. The summed E-state index contributed by atoms with van der Waals surface area (Å²) in [7, 11) is 0. The zero-order valence-corrected chi connectivity index (χ0v) is 23.7. The van der Waals surface area contributed by atoms with Gasteiger partial charge in [-0.1, -0.05) is 90.0 Å². The van der Waals surface area contributed by atoms with Gasteiger partial charge in [-0.25, -0.2) is 0 Å². The SMILES string of the molecule is CC1(C)CN(C=S)CCC1N.CC1CC2(c3ccccc3)CC(CC(C)(C)C2)C1(Cl)CC1CC1. The quantitative estimate of drug-likeness (QED) is 0.340. The summed E-state index contributed by atoms with van der Waals surface area (Å²) < 4.78 is 0. The molecule has 1 aromatic rings. The van der Waals surface area contributed by atoms with Gasteiger partial charge in [0, 0.05) is 19.1 Å². The van der Waals surface area contributed by atoms with E-state index in [0.29, 0.717) is 28.7 Å². The number of hydrogen-bond acceptors (Lipinski definition) is 2. The smallest absolute Gasteiger partial charge is 0.0641 e. The van der Waals surface area contributed by atoms with E-state index >= 15 is 0 Å². The van der Waals surface area contributed by atoms with E-state index in [2.05, 4.69) is 69.9 Å². The maximum atomic E-state index is 7.40. The van der Waals surface area contributed by atoms with Crippen LogP contribution in [-0.2, 0) is 5.41 Å². The molecule has 0 amide bonds. The lowest BCUT2D eigenvalue weighted by atomic mass is 9.47. The molecule has 0 spiro atoms. The van der Waals surface area contributed by atoms with Crippen molar-refractivity contribution in [2.45, 2.75) is 102 Å². The van der Waals surface area contributed by atoms with Crippen LogP contribution in [-0.4, -0.2) is 34.4 Å². The van der Waals surface area contributed by atoms with Gasteiger partial charge in [0.2, 0.25) is 0 Å². The molecule has 1 aromatic carbocycles. The van der Waals surface area contributed by atoms with E-state index in [1.165, 1.54) is 44.9 Å². The number of hydrogen-bond donors (Lipinski definition) is 1. The highest BCUT2D eigenvalue weighted by atomic mass is 35.5. The van der Waals surface area contributed by atoms with Crippen molar-refractivity contribution >= 4 is 29.3 Å². The van der Waals surface area contributed by atoms with Gasteiger partial charge in [-0.2, -0.15) is 0 Å². The lowest BCUT2D eigenvalue weighted by Crippen LogP contribution is -2.56. The van der Waals surface area contributed by atoms with Crippen LogP contribution < -0.4 is 5.73 Å². The highest BCUT2D eigenvalue weighted by Gasteiger charge is 2.58. The largest absolute Gasteiger partial charge is 0.368 e. The van der Waals surface area contributed by atoms with Gasteiger partial charge in [-0.15, -0.1) is 11.6 Å². The Labute approximate surface area is 219 Å². The minimum Gasteiger partial charge on any atom is -0.368 e. The molecule has 1 aliphatic heterocycles. The van der Waals surface area contributed by atoms with Crippen molar-refractivity contribution < 1.29 is 0 Å². The summed E-state index contributed by atoms with van der Waals surface area (Å²) >= 11 is 12.3. The van der Waals surface area contributed by atoms with Crippen LogP contribution in [0.5, 0.6) is 0 Å². The summed E-state index contributed by atoms with van der Waals surface area (Å²) in [4.78, 5) is 2.22. The van der Waals surface area contributed by atoms with Gasteiger partial charge in [0.05, 0.1) is 10.4 Å². The monoisotopic (exact) mass is 502 g/mol. The van der Waals surface area contributed by atoms with Crippen LogP contribution >= 0.6 is 23.8 Å². The average Bonchev–Trinajstić information content (AvgIpc) is 3.58. The molecule has 2 N–H and O–H groups in total. The fourth-order valence-electron chi connectivity index (χ4n) is 7.69. The third-order valence-corrected chi connectivity index (χ3v) is 10.8. The molecule has 190 valence electrons. The number of halogens is 1. The molecule has 4 aliphatic rings. The number of nitrogens with zero attached hydrogens (tertiary/aromatic N) is 1. The van der Waals surface area contributed by atoms with E-state index in [9.17, 15) is 0 Å². The van der Waals surface area contributed by atoms with Crippen molar-refractivity contribution in [3.63, 3.8) is 0 Å². The third kappa shape index (κ3) is 5.52.